The SMILES string of the molecule is CCc1nsc(SCc2ccc(C(=O)OC)cn2)n1. The highest BCUT2D eigenvalue weighted by Gasteiger charge is 2.07. The Morgan fingerprint density at radius 1 is 1.47 bits per heavy atom. The quantitative estimate of drug-likeness (QED) is 0.624. The third-order valence-electron chi connectivity index (χ3n) is 2.36. The molecule has 0 radical (unpaired) electrons. The smallest absolute Gasteiger partial charge is 0.339 e. The van der Waals surface area contributed by atoms with E-state index in [0.717, 1.165) is 22.3 Å². The highest BCUT2D eigenvalue weighted by atomic mass is 32.2. The molecule has 7 heteroatoms. The number of carbonyl (C=O) groups is 1. The molecule has 0 unspecified atom stereocenters. The van der Waals surface area contributed by atoms with Gasteiger partial charge in [-0.05, 0) is 23.7 Å². The van der Waals surface area contributed by atoms with Crippen LogP contribution >= 0.6 is 23.3 Å². The van der Waals surface area contributed by atoms with Crippen molar-refractivity contribution in [3.63, 3.8) is 0 Å². The van der Waals surface area contributed by atoms with Gasteiger partial charge in [-0.15, -0.1) is 0 Å². The molecule has 0 saturated carbocycles. The van der Waals surface area contributed by atoms with Crippen LogP contribution in [0.15, 0.2) is 22.7 Å². The minimum Gasteiger partial charge on any atom is -0.465 e. The molecule has 2 aromatic heterocycles. The van der Waals surface area contributed by atoms with Crippen molar-refractivity contribution in [3.05, 3.63) is 35.4 Å². The van der Waals surface area contributed by atoms with Crippen molar-refractivity contribution in [1.82, 2.24) is 14.3 Å². The summed E-state index contributed by atoms with van der Waals surface area (Å²) in [5.74, 6) is 1.21. The van der Waals surface area contributed by atoms with E-state index in [0.29, 0.717) is 11.3 Å². The van der Waals surface area contributed by atoms with Crippen LogP contribution in [0.3, 0.4) is 0 Å². The number of pyridine rings is 1. The number of hydrogen-bond acceptors (Lipinski definition) is 7. The maximum absolute atomic E-state index is 11.3. The molecule has 2 heterocycles. The number of aryl methyl sites for hydroxylation is 1. The van der Waals surface area contributed by atoms with Gasteiger partial charge < -0.3 is 4.74 Å². The van der Waals surface area contributed by atoms with Gasteiger partial charge in [-0.2, -0.15) is 4.37 Å². The van der Waals surface area contributed by atoms with Crippen molar-refractivity contribution in [1.29, 1.82) is 0 Å². The molecular weight excluding hydrogens is 282 g/mol. The van der Waals surface area contributed by atoms with Crippen LogP contribution < -0.4 is 0 Å². The summed E-state index contributed by atoms with van der Waals surface area (Å²) in [6.07, 6.45) is 2.38. The fraction of sp³-hybridized carbons (Fsp3) is 0.333. The Balaban J connectivity index is 1.94. The van der Waals surface area contributed by atoms with Crippen LogP contribution in [0.1, 0.15) is 28.8 Å². The van der Waals surface area contributed by atoms with Gasteiger partial charge in [0, 0.05) is 18.4 Å². The van der Waals surface area contributed by atoms with Gasteiger partial charge in [-0.1, -0.05) is 18.7 Å². The van der Waals surface area contributed by atoms with Gasteiger partial charge in [-0.3, -0.25) is 4.98 Å². The first-order chi connectivity index (χ1) is 9.22. The molecule has 0 atom stereocenters. The lowest BCUT2D eigenvalue weighted by Gasteiger charge is -2.00. The number of methoxy groups -OCH3 is 1. The summed E-state index contributed by atoms with van der Waals surface area (Å²) in [4.78, 5) is 19.9. The van der Waals surface area contributed by atoms with E-state index in [1.165, 1.54) is 24.8 Å². The maximum Gasteiger partial charge on any atom is 0.339 e. The number of nitrogens with zero attached hydrogens (tertiary/aromatic N) is 3. The van der Waals surface area contributed by atoms with Gasteiger partial charge in [0.05, 0.1) is 18.4 Å². The van der Waals surface area contributed by atoms with E-state index in [9.17, 15) is 4.79 Å². The second kappa shape index (κ2) is 6.63. The zero-order chi connectivity index (χ0) is 13.7. The van der Waals surface area contributed by atoms with Crippen molar-refractivity contribution in [2.75, 3.05) is 7.11 Å². The third kappa shape index (κ3) is 3.74. The van der Waals surface area contributed by atoms with E-state index in [1.807, 2.05) is 13.0 Å². The summed E-state index contributed by atoms with van der Waals surface area (Å²) in [5, 5.41) is 0. The fourth-order valence-corrected chi connectivity index (χ4v) is 2.94. The Hall–Kier alpha value is -1.47. The Labute approximate surface area is 119 Å². The van der Waals surface area contributed by atoms with Crippen molar-refractivity contribution in [2.45, 2.75) is 23.4 Å². The number of ether oxygens (including phenoxy) is 1. The van der Waals surface area contributed by atoms with Crippen LogP contribution in [0, 0.1) is 0 Å². The minimum atomic E-state index is -0.372. The Morgan fingerprint density at radius 2 is 2.32 bits per heavy atom. The third-order valence-corrected chi connectivity index (χ3v) is 4.26. The maximum atomic E-state index is 11.3. The summed E-state index contributed by atoms with van der Waals surface area (Å²) in [6, 6.07) is 3.54. The van der Waals surface area contributed by atoms with Crippen molar-refractivity contribution >= 4 is 29.3 Å². The van der Waals surface area contributed by atoms with E-state index in [-0.39, 0.29) is 5.97 Å². The molecule has 0 fully saturated rings. The first kappa shape index (κ1) is 14.0. The predicted octanol–water partition coefficient (Wildman–Crippen LogP) is 2.57. The highest BCUT2D eigenvalue weighted by Crippen LogP contribution is 2.23. The van der Waals surface area contributed by atoms with Gasteiger partial charge >= 0.3 is 5.97 Å². The number of aromatic nitrogens is 3. The van der Waals surface area contributed by atoms with E-state index in [1.54, 1.807) is 17.8 Å². The molecule has 2 aromatic rings. The van der Waals surface area contributed by atoms with Gasteiger partial charge in [0.2, 0.25) is 0 Å². The number of rotatable bonds is 5. The van der Waals surface area contributed by atoms with Gasteiger partial charge in [-0.25, -0.2) is 9.78 Å². The zero-order valence-corrected chi connectivity index (χ0v) is 12.3. The van der Waals surface area contributed by atoms with Crippen LogP contribution in [0.4, 0.5) is 0 Å². The van der Waals surface area contributed by atoms with Crippen LogP contribution in [-0.2, 0) is 16.9 Å². The lowest BCUT2D eigenvalue weighted by molar-refractivity contribution is 0.0600. The van der Waals surface area contributed by atoms with E-state index in [4.69, 9.17) is 0 Å². The monoisotopic (exact) mass is 295 g/mol. The number of carbonyl (C=O) groups excluding carboxylic acids is 1. The number of hydrogen-bond donors (Lipinski definition) is 0. The molecule has 2 rings (SSSR count). The molecule has 19 heavy (non-hydrogen) atoms. The molecule has 0 aliphatic heterocycles. The molecule has 100 valence electrons. The standard InChI is InChI=1S/C12H13N3O2S2/c1-3-10-14-12(19-15-10)18-7-9-5-4-8(6-13-9)11(16)17-2/h4-6H,3,7H2,1-2H3. The fourth-order valence-electron chi connectivity index (χ4n) is 1.32. The highest BCUT2D eigenvalue weighted by molar-refractivity contribution is 8.00. The topological polar surface area (TPSA) is 65.0 Å². The van der Waals surface area contributed by atoms with Crippen LogP contribution in [0.5, 0.6) is 0 Å². The van der Waals surface area contributed by atoms with E-state index >= 15 is 0 Å². The Morgan fingerprint density at radius 3 is 2.89 bits per heavy atom. The average molecular weight is 295 g/mol. The molecule has 0 N–H and O–H groups in total. The Bertz CT molecular complexity index is 554. The first-order valence-corrected chi connectivity index (χ1v) is 7.47. The van der Waals surface area contributed by atoms with Crippen LogP contribution in [0.25, 0.3) is 0 Å². The summed E-state index contributed by atoms with van der Waals surface area (Å²) < 4.78 is 9.78. The normalized spacial score (nSPS) is 10.4. The van der Waals surface area contributed by atoms with Gasteiger partial charge in [0.25, 0.3) is 0 Å². The molecule has 0 amide bonds. The van der Waals surface area contributed by atoms with Crippen molar-refractivity contribution in [2.24, 2.45) is 0 Å². The molecule has 5 nitrogen and oxygen atoms in total. The largest absolute Gasteiger partial charge is 0.465 e. The molecule has 0 aliphatic carbocycles. The number of thioether (sulfide) groups is 1. The van der Waals surface area contributed by atoms with Gasteiger partial charge in [0.15, 0.2) is 4.34 Å². The van der Waals surface area contributed by atoms with Gasteiger partial charge in [0.1, 0.15) is 5.82 Å². The van der Waals surface area contributed by atoms with Crippen LogP contribution in [0.2, 0.25) is 0 Å². The van der Waals surface area contributed by atoms with Crippen LogP contribution in [-0.4, -0.2) is 27.4 Å². The molecule has 0 bridgehead atoms. The predicted molar refractivity (Wildman–Crippen MR) is 74.4 cm³/mol. The summed E-state index contributed by atoms with van der Waals surface area (Å²) >= 11 is 3.00. The molecule has 0 aliphatic rings. The summed E-state index contributed by atoms with van der Waals surface area (Å²) in [6.45, 7) is 2.03. The summed E-state index contributed by atoms with van der Waals surface area (Å²) in [7, 11) is 1.35. The van der Waals surface area contributed by atoms with E-state index in [2.05, 4.69) is 19.1 Å². The second-order valence-corrected chi connectivity index (χ2v) is 5.62. The number of esters is 1. The van der Waals surface area contributed by atoms with Crippen molar-refractivity contribution < 1.29 is 9.53 Å². The molecule has 0 saturated heterocycles. The second-order valence-electron chi connectivity index (χ2n) is 3.65. The average Bonchev–Trinajstić information content (AvgIpc) is 2.93. The lowest BCUT2D eigenvalue weighted by atomic mass is 10.2. The molecular formula is C12H13N3O2S2. The minimum absolute atomic E-state index is 0.372. The summed E-state index contributed by atoms with van der Waals surface area (Å²) in [5.41, 5.74) is 1.35. The Kier molecular flexibility index (Phi) is 4.86. The lowest BCUT2D eigenvalue weighted by Crippen LogP contribution is -2.02. The van der Waals surface area contributed by atoms with E-state index < -0.39 is 0 Å². The molecule has 0 aromatic carbocycles. The zero-order valence-electron chi connectivity index (χ0n) is 10.6. The van der Waals surface area contributed by atoms with Crippen molar-refractivity contribution in [3.8, 4) is 0 Å². The first-order valence-electron chi connectivity index (χ1n) is 5.71. The molecule has 0 spiro atoms.